The molecule has 0 aliphatic heterocycles. The molecule has 67 valence electrons. The number of aryl methyl sites for hydroxylation is 1. The van der Waals surface area contributed by atoms with Crippen LogP contribution in [0.5, 0.6) is 0 Å². The minimum Gasteiger partial charge on any atom is -0.145 e. The Labute approximate surface area is 79.6 Å². The van der Waals surface area contributed by atoms with Gasteiger partial charge >= 0.3 is 0 Å². The normalized spacial score (nSPS) is 10.5. The van der Waals surface area contributed by atoms with Gasteiger partial charge in [-0.3, -0.25) is 0 Å². The maximum atomic E-state index is 3.90. The van der Waals surface area contributed by atoms with Crippen molar-refractivity contribution < 1.29 is 0 Å². The van der Waals surface area contributed by atoms with Crippen LogP contribution in [0.4, 0.5) is 0 Å². The van der Waals surface area contributed by atoms with Crippen LogP contribution in [0.15, 0.2) is 12.1 Å². The maximum Gasteiger partial charge on any atom is 0.00517 e. The van der Waals surface area contributed by atoms with Gasteiger partial charge in [0.25, 0.3) is 0 Å². The molecule has 0 N–H and O–H groups in total. The van der Waals surface area contributed by atoms with Crippen LogP contribution in [0.2, 0.25) is 0 Å². The van der Waals surface area contributed by atoms with Gasteiger partial charge in [0.15, 0.2) is 0 Å². The van der Waals surface area contributed by atoms with Gasteiger partial charge in [0, 0.05) is 9.75 Å². The zero-order chi connectivity index (χ0) is 8.81. The van der Waals surface area contributed by atoms with Gasteiger partial charge < -0.3 is 0 Å². The molecular formula is C11H17S. The molecule has 12 heavy (non-hydrogen) atoms. The topological polar surface area (TPSA) is 0 Å². The summed E-state index contributed by atoms with van der Waals surface area (Å²) in [5.74, 6) is 0. The number of unbranched alkanes of at least 4 members (excludes halogenated alkanes) is 3. The Balaban J connectivity index is 2.15. The number of hydrogen-bond donors (Lipinski definition) is 0. The van der Waals surface area contributed by atoms with Crippen LogP contribution in [-0.4, -0.2) is 0 Å². The van der Waals surface area contributed by atoms with E-state index >= 15 is 0 Å². The largest absolute Gasteiger partial charge is 0.145 e. The summed E-state index contributed by atoms with van der Waals surface area (Å²) in [6.45, 7) is 6.15. The molecule has 0 unspecified atom stereocenters. The van der Waals surface area contributed by atoms with E-state index in [-0.39, 0.29) is 0 Å². The molecule has 0 nitrogen and oxygen atoms in total. The SMILES string of the molecule is [CH2]c1ccc(CCCCCC)s1. The summed E-state index contributed by atoms with van der Waals surface area (Å²) in [6, 6.07) is 4.32. The lowest BCUT2D eigenvalue weighted by Gasteiger charge is -1.96. The van der Waals surface area contributed by atoms with Crippen molar-refractivity contribution in [3.05, 3.63) is 28.8 Å². The summed E-state index contributed by atoms with van der Waals surface area (Å²) in [5.41, 5.74) is 0. The fourth-order valence-corrected chi connectivity index (χ4v) is 2.14. The Morgan fingerprint density at radius 2 is 2.08 bits per heavy atom. The molecular weight excluding hydrogens is 164 g/mol. The Bertz CT molecular complexity index is 213. The molecule has 0 saturated carbocycles. The van der Waals surface area contributed by atoms with Crippen LogP contribution >= 0.6 is 11.3 Å². The van der Waals surface area contributed by atoms with Gasteiger partial charge in [0.2, 0.25) is 0 Å². The van der Waals surface area contributed by atoms with Crippen molar-refractivity contribution in [2.45, 2.75) is 39.0 Å². The molecule has 0 atom stereocenters. The van der Waals surface area contributed by atoms with E-state index in [1.165, 1.54) is 41.9 Å². The highest BCUT2D eigenvalue weighted by atomic mass is 32.1. The van der Waals surface area contributed by atoms with Gasteiger partial charge in [-0.05, 0) is 31.9 Å². The lowest BCUT2D eigenvalue weighted by molar-refractivity contribution is 0.670. The molecule has 1 radical (unpaired) electrons. The van der Waals surface area contributed by atoms with E-state index < -0.39 is 0 Å². The van der Waals surface area contributed by atoms with Crippen molar-refractivity contribution in [3.63, 3.8) is 0 Å². The molecule has 0 saturated heterocycles. The second kappa shape index (κ2) is 5.36. The maximum absolute atomic E-state index is 3.90. The van der Waals surface area contributed by atoms with Crippen LogP contribution < -0.4 is 0 Å². The molecule has 1 aromatic heterocycles. The van der Waals surface area contributed by atoms with E-state index in [1.807, 2.05) is 11.3 Å². The first-order chi connectivity index (χ1) is 5.83. The Kier molecular flexibility index (Phi) is 4.37. The van der Waals surface area contributed by atoms with E-state index in [4.69, 9.17) is 0 Å². The predicted molar refractivity (Wildman–Crippen MR) is 56.6 cm³/mol. The summed E-state index contributed by atoms with van der Waals surface area (Å²) in [6.07, 6.45) is 6.67. The molecule has 1 rings (SSSR count). The van der Waals surface area contributed by atoms with Gasteiger partial charge in [-0.25, -0.2) is 0 Å². The summed E-state index contributed by atoms with van der Waals surface area (Å²) in [5, 5.41) is 0. The number of thiophene rings is 1. The third-order valence-electron chi connectivity index (χ3n) is 1.99. The lowest BCUT2D eigenvalue weighted by Crippen LogP contribution is -1.80. The highest BCUT2D eigenvalue weighted by molar-refractivity contribution is 7.12. The van der Waals surface area contributed by atoms with E-state index in [9.17, 15) is 0 Å². The molecule has 0 aliphatic rings. The standard InChI is InChI=1S/C11H17S/c1-3-4-5-6-7-11-9-8-10(2)12-11/h8-9H,2-7H2,1H3. The minimum atomic E-state index is 1.19. The molecule has 1 heteroatoms. The highest BCUT2D eigenvalue weighted by Gasteiger charge is 1.95. The average molecular weight is 181 g/mol. The third kappa shape index (κ3) is 3.40. The fourth-order valence-electron chi connectivity index (χ4n) is 1.28. The smallest absolute Gasteiger partial charge is 0.00517 e. The second-order valence-corrected chi connectivity index (χ2v) is 4.43. The van der Waals surface area contributed by atoms with E-state index in [0.717, 1.165) is 0 Å². The summed E-state index contributed by atoms with van der Waals surface area (Å²) in [4.78, 5) is 2.69. The monoisotopic (exact) mass is 181 g/mol. The van der Waals surface area contributed by atoms with Gasteiger partial charge in [-0.2, -0.15) is 0 Å². The number of hydrogen-bond acceptors (Lipinski definition) is 1. The minimum absolute atomic E-state index is 1.19. The van der Waals surface area contributed by atoms with E-state index in [1.54, 1.807) is 0 Å². The molecule has 0 aliphatic carbocycles. The Morgan fingerprint density at radius 1 is 1.25 bits per heavy atom. The van der Waals surface area contributed by atoms with Crippen LogP contribution in [0, 0.1) is 6.92 Å². The zero-order valence-corrected chi connectivity index (χ0v) is 8.62. The first-order valence-corrected chi connectivity index (χ1v) is 5.55. The van der Waals surface area contributed by atoms with Gasteiger partial charge in [0.05, 0.1) is 0 Å². The quantitative estimate of drug-likeness (QED) is 0.601. The summed E-state index contributed by atoms with van der Waals surface area (Å²) in [7, 11) is 0. The predicted octanol–water partition coefficient (Wildman–Crippen LogP) is 4.05. The highest BCUT2D eigenvalue weighted by Crippen LogP contribution is 2.17. The Hall–Kier alpha value is -0.300. The fraction of sp³-hybridized carbons (Fsp3) is 0.545. The molecule has 1 aromatic rings. The Morgan fingerprint density at radius 3 is 2.67 bits per heavy atom. The molecule has 0 bridgehead atoms. The van der Waals surface area contributed by atoms with Crippen molar-refractivity contribution in [2.24, 2.45) is 0 Å². The summed E-state index contributed by atoms with van der Waals surface area (Å²) >= 11 is 1.83. The molecule has 0 fully saturated rings. The third-order valence-corrected chi connectivity index (χ3v) is 2.99. The van der Waals surface area contributed by atoms with E-state index in [0.29, 0.717) is 0 Å². The molecule has 0 aromatic carbocycles. The van der Waals surface area contributed by atoms with Crippen molar-refractivity contribution in [2.75, 3.05) is 0 Å². The summed E-state index contributed by atoms with van der Waals surface area (Å²) < 4.78 is 0. The first kappa shape index (κ1) is 9.79. The zero-order valence-electron chi connectivity index (χ0n) is 7.81. The van der Waals surface area contributed by atoms with Crippen molar-refractivity contribution >= 4 is 11.3 Å². The van der Waals surface area contributed by atoms with Gasteiger partial charge in [0.1, 0.15) is 0 Å². The van der Waals surface area contributed by atoms with Crippen molar-refractivity contribution in [1.29, 1.82) is 0 Å². The van der Waals surface area contributed by atoms with Crippen molar-refractivity contribution in [1.82, 2.24) is 0 Å². The lowest BCUT2D eigenvalue weighted by atomic mass is 10.1. The van der Waals surface area contributed by atoms with Crippen LogP contribution in [0.1, 0.15) is 42.4 Å². The number of rotatable bonds is 5. The average Bonchev–Trinajstić information content (AvgIpc) is 2.45. The van der Waals surface area contributed by atoms with Gasteiger partial charge in [-0.15, -0.1) is 11.3 Å². The molecule has 0 amide bonds. The first-order valence-electron chi connectivity index (χ1n) is 4.73. The van der Waals surface area contributed by atoms with Crippen LogP contribution in [0.25, 0.3) is 0 Å². The van der Waals surface area contributed by atoms with E-state index in [2.05, 4.69) is 26.0 Å². The van der Waals surface area contributed by atoms with Crippen LogP contribution in [-0.2, 0) is 6.42 Å². The van der Waals surface area contributed by atoms with Gasteiger partial charge in [-0.1, -0.05) is 26.2 Å². The molecule has 1 heterocycles. The van der Waals surface area contributed by atoms with Crippen LogP contribution in [0.3, 0.4) is 0 Å². The van der Waals surface area contributed by atoms with Crippen molar-refractivity contribution in [3.8, 4) is 0 Å². The second-order valence-electron chi connectivity index (χ2n) is 3.18. The molecule has 0 spiro atoms.